The summed E-state index contributed by atoms with van der Waals surface area (Å²) >= 11 is 2.99. The first kappa shape index (κ1) is 12.2. The third-order valence-corrected chi connectivity index (χ3v) is 2.07. The summed E-state index contributed by atoms with van der Waals surface area (Å²) in [5.74, 6) is -2.90. The molecule has 0 saturated heterocycles. The summed E-state index contributed by atoms with van der Waals surface area (Å²) in [5, 5.41) is 2.04. The Bertz CT molecular complexity index is 428. The standard InChI is InChI=1S/C8H8BrN3O4/c9-4-2-1-3(16-4)8(15)12-5(6(10)13)7(11)14/h1-2,5H,(H2,10,13)(H2,11,14)(H,12,15). The molecule has 3 amide bonds. The molecule has 0 aliphatic carbocycles. The van der Waals surface area contributed by atoms with Crippen LogP contribution in [0.2, 0.25) is 0 Å². The summed E-state index contributed by atoms with van der Waals surface area (Å²) in [7, 11) is 0. The topological polar surface area (TPSA) is 128 Å². The second-order valence-electron chi connectivity index (χ2n) is 2.81. The van der Waals surface area contributed by atoms with Crippen LogP contribution in [0.25, 0.3) is 0 Å². The van der Waals surface area contributed by atoms with Crippen LogP contribution in [0.1, 0.15) is 10.6 Å². The van der Waals surface area contributed by atoms with Gasteiger partial charge in [-0.2, -0.15) is 0 Å². The molecular weight excluding hydrogens is 282 g/mol. The van der Waals surface area contributed by atoms with E-state index in [1.165, 1.54) is 12.1 Å². The molecule has 7 nitrogen and oxygen atoms in total. The molecule has 5 N–H and O–H groups in total. The van der Waals surface area contributed by atoms with Crippen molar-refractivity contribution in [2.45, 2.75) is 6.04 Å². The highest BCUT2D eigenvalue weighted by molar-refractivity contribution is 9.10. The number of rotatable bonds is 4. The Morgan fingerprint density at radius 3 is 2.19 bits per heavy atom. The van der Waals surface area contributed by atoms with E-state index in [2.05, 4.69) is 15.9 Å². The Labute approximate surface area is 98.3 Å². The van der Waals surface area contributed by atoms with Gasteiger partial charge in [0, 0.05) is 0 Å². The lowest BCUT2D eigenvalue weighted by atomic mass is 10.2. The molecule has 0 aliphatic heterocycles. The predicted molar refractivity (Wildman–Crippen MR) is 56.1 cm³/mol. The smallest absolute Gasteiger partial charge is 0.288 e. The van der Waals surface area contributed by atoms with Crippen molar-refractivity contribution in [2.75, 3.05) is 0 Å². The van der Waals surface area contributed by atoms with Crippen LogP contribution in [0.5, 0.6) is 0 Å². The molecule has 1 aromatic rings. The van der Waals surface area contributed by atoms with Crippen LogP contribution in [-0.2, 0) is 9.59 Å². The number of hydrogen-bond donors (Lipinski definition) is 3. The Morgan fingerprint density at radius 2 is 1.81 bits per heavy atom. The van der Waals surface area contributed by atoms with Gasteiger partial charge >= 0.3 is 0 Å². The third kappa shape index (κ3) is 2.83. The minimum Gasteiger partial charge on any atom is -0.444 e. The summed E-state index contributed by atoms with van der Waals surface area (Å²) in [6.07, 6.45) is 0. The van der Waals surface area contributed by atoms with Crippen LogP contribution in [0.4, 0.5) is 0 Å². The molecular formula is C8H8BrN3O4. The van der Waals surface area contributed by atoms with Gasteiger partial charge in [0.2, 0.25) is 11.8 Å². The van der Waals surface area contributed by atoms with Crippen molar-refractivity contribution in [1.29, 1.82) is 0 Å². The molecule has 0 bridgehead atoms. The molecule has 1 rings (SSSR count). The largest absolute Gasteiger partial charge is 0.444 e. The van der Waals surface area contributed by atoms with Gasteiger partial charge < -0.3 is 21.2 Å². The van der Waals surface area contributed by atoms with Crippen molar-refractivity contribution in [3.63, 3.8) is 0 Å². The van der Waals surface area contributed by atoms with Crippen molar-refractivity contribution in [2.24, 2.45) is 11.5 Å². The second-order valence-corrected chi connectivity index (χ2v) is 3.60. The zero-order valence-corrected chi connectivity index (χ0v) is 9.48. The number of carbonyl (C=O) groups is 3. The van der Waals surface area contributed by atoms with Gasteiger partial charge in [-0.1, -0.05) is 0 Å². The van der Waals surface area contributed by atoms with Crippen LogP contribution < -0.4 is 16.8 Å². The van der Waals surface area contributed by atoms with E-state index >= 15 is 0 Å². The number of halogens is 1. The van der Waals surface area contributed by atoms with Gasteiger partial charge in [0.25, 0.3) is 5.91 Å². The van der Waals surface area contributed by atoms with Crippen molar-refractivity contribution < 1.29 is 18.8 Å². The normalized spacial score (nSPS) is 10.1. The molecule has 0 atom stereocenters. The highest BCUT2D eigenvalue weighted by Gasteiger charge is 2.25. The Balaban J connectivity index is 2.77. The van der Waals surface area contributed by atoms with Gasteiger partial charge in [0.05, 0.1) is 0 Å². The second kappa shape index (κ2) is 4.79. The van der Waals surface area contributed by atoms with E-state index in [1.807, 2.05) is 5.32 Å². The number of primary amides is 2. The maximum atomic E-state index is 11.4. The number of nitrogens with one attached hydrogen (secondary N) is 1. The van der Waals surface area contributed by atoms with Gasteiger partial charge in [-0.15, -0.1) is 0 Å². The highest BCUT2D eigenvalue weighted by Crippen LogP contribution is 2.13. The SMILES string of the molecule is NC(=O)C(NC(=O)c1ccc(Br)o1)C(N)=O. The molecule has 1 aromatic heterocycles. The Morgan fingerprint density at radius 1 is 1.25 bits per heavy atom. The van der Waals surface area contributed by atoms with Gasteiger partial charge in [0.1, 0.15) is 0 Å². The summed E-state index contributed by atoms with van der Waals surface area (Å²) < 4.78 is 5.25. The van der Waals surface area contributed by atoms with Crippen LogP contribution >= 0.6 is 15.9 Å². The van der Waals surface area contributed by atoms with E-state index in [-0.39, 0.29) is 5.76 Å². The summed E-state index contributed by atoms with van der Waals surface area (Å²) in [5.41, 5.74) is 9.75. The third-order valence-electron chi connectivity index (χ3n) is 1.64. The van der Waals surface area contributed by atoms with Gasteiger partial charge in [-0.25, -0.2) is 0 Å². The monoisotopic (exact) mass is 289 g/mol. The Hall–Kier alpha value is -1.83. The van der Waals surface area contributed by atoms with Crippen LogP contribution in [0.3, 0.4) is 0 Å². The molecule has 16 heavy (non-hydrogen) atoms. The van der Waals surface area contributed by atoms with Gasteiger partial charge in [-0.05, 0) is 28.1 Å². The quantitative estimate of drug-likeness (QED) is 0.621. The lowest BCUT2D eigenvalue weighted by Gasteiger charge is -2.09. The molecule has 0 unspecified atom stereocenters. The molecule has 86 valence electrons. The number of amides is 3. The van der Waals surface area contributed by atoms with E-state index < -0.39 is 23.8 Å². The fourth-order valence-electron chi connectivity index (χ4n) is 0.921. The van der Waals surface area contributed by atoms with Gasteiger partial charge in [-0.3, -0.25) is 14.4 Å². The molecule has 0 radical (unpaired) electrons. The molecule has 0 aliphatic rings. The lowest BCUT2D eigenvalue weighted by molar-refractivity contribution is -0.128. The van der Waals surface area contributed by atoms with E-state index in [4.69, 9.17) is 15.9 Å². The zero-order chi connectivity index (χ0) is 12.3. The van der Waals surface area contributed by atoms with Crippen molar-refractivity contribution >= 4 is 33.7 Å². The maximum Gasteiger partial charge on any atom is 0.288 e. The van der Waals surface area contributed by atoms with E-state index in [1.54, 1.807) is 0 Å². The predicted octanol–water partition coefficient (Wildman–Crippen LogP) is -0.889. The minimum absolute atomic E-state index is 0.0700. The maximum absolute atomic E-state index is 11.4. The highest BCUT2D eigenvalue weighted by atomic mass is 79.9. The fraction of sp³-hybridized carbons (Fsp3) is 0.125. The van der Waals surface area contributed by atoms with E-state index in [0.29, 0.717) is 4.67 Å². The zero-order valence-electron chi connectivity index (χ0n) is 7.90. The van der Waals surface area contributed by atoms with Crippen molar-refractivity contribution in [3.05, 3.63) is 22.6 Å². The van der Waals surface area contributed by atoms with Crippen LogP contribution in [0.15, 0.2) is 21.2 Å². The molecule has 1 heterocycles. The lowest BCUT2D eigenvalue weighted by Crippen LogP contribution is -2.52. The fourth-order valence-corrected chi connectivity index (χ4v) is 1.23. The molecule has 8 heteroatoms. The average Bonchev–Trinajstić information content (AvgIpc) is 2.59. The number of nitrogens with two attached hydrogens (primary N) is 2. The molecule has 0 aromatic carbocycles. The van der Waals surface area contributed by atoms with Crippen molar-refractivity contribution in [1.82, 2.24) is 5.32 Å². The first-order valence-electron chi connectivity index (χ1n) is 4.06. The number of hydrogen-bond acceptors (Lipinski definition) is 4. The first-order valence-corrected chi connectivity index (χ1v) is 4.86. The molecule has 0 spiro atoms. The van der Waals surface area contributed by atoms with Gasteiger partial charge in [0.15, 0.2) is 16.5 Å². The van der Waals surface area contributed by atoms with Crippen LogP contribution in [0, 0.1) is 0 Å². The summed E-state index contributed by atoms with van der Waals surface area (Å²) in [4.78, 5) is 33.0. The average molecular weight is 290 g/mol. The minimum atomic E-state index is -1.56. The molecule has 0 saturated carbocycles. The molecule has 0 fully saturated rings. The van der Waals surface area contributed by atoms with E-state index in [9.17, 15) is 14.4 Å². The summed E-state index contributed by atoms with van der Waals surface area (Å²) in [6.45, 7) is 0. The first-order chi connectivity index (χ1) is 7.41. The van der Waals surface area contributed by atoms with Crippen molar-refractivity contribution in [3.8, 4) is 0 Å². The van der Waals surface area contributed by atoms with E-state index in [0.717, 1.165) is 0 Å². The van der Waals surface area contributed by atoms with Crippen LogP contribution in [-0.4, -0.2) is 23.8 Å². The number of carbonyl (C=O) groups excluding carboxylic acids is 3. The number of furan rings is 1. The summed E-state index contributed by atoms with van der Waals surface area (Å²) in [6, 6.07) is 1.29. The Kier molecular flexibility index (Phi) is 3.67.